The third-order valence-corrected chi connectivity index (χ3v) is 7.94. The van der Waals surface area contributed by atoms with E-state index in [1.54, 1.807) is 0 Å². The molecule has 0 aliphatic heterocycles. The van der Waals surface area contributed by atoms with Crippen LogP contribution >= 0.6 is 0 Å². The third kappa shape index (κ3) is 4.66. The van der Waals surface area contributed by atoms with Gasteiger partial charge in [0.1, 0.15) is 6.10 Å². The second kappa shape index (κ2) is 7.07. The van der Waals surface area contributed by atoms with Crippen LogP contribution in [0.5, 0.6) is 0 Å². The van der Waals surface area contributed by atoms with Crippen molar-refractivity contribution < 1.29 is 14.3 Å². The van der Waals surface area contributed by atoms with Gasteiger partial charge in [0.05, 0.1) is 0 Å². The van der Waals surface area contributed by atoms with Gasteiger partial charge in [-0.15, -0.1) is 0 Å². The molecule has 0 aliphatic rings. The summed E-state index contributed by atoms with van der Waals surface area (Å²) in [6.45, 7) is 10.4. The maximum Gasteiger partial charge on any atom is 0.331 e. The Morgan fingerprint density at radius 3 is 1.88 bits per heavy atom. The van der Waals surface area contributed by atoms with Crippen LogP contribution < -0.4 is 0 Å². The van der Waals surface area contributed by atoms with E-state index in [1.807, 2.05) is 13.8 Å². The maximum atomic E-state index is 11.2. The Labute approximate surface area is 100 Å². The molecule has 3 nitrogen and oxygen atoms in total. The normalized spacial score (nSPS) is 14.1. The van der Waals surface area contributed by atoms with Crippen LogP contribution in [0.1, 0.15) is 41.0 Å². The largest absolute Gasteiger partial charge is 0.479 e. The van der Waals surface area contributed by atoms with E-state index in [1.165, 1.54) is 0 Å². The van der Waals surface area contributed by atoms with E-state index in [-0.39, 0.29) is 0 Å². The summed E-state index contributed by atoms with van der Waals surface area (Å²) in [5.41, 5.74) is 0. The number of rotatable bonds is 8. The van der Waals surface area contributed by atoms with Crippen LogP contribution in [0.15, 0.2) is 0 Å². The van der Waals surface area contributed by atoms with Crippen molar-refractivity contribution in [1.29, 1.82) is 0 Å². The van der Waals surface area contributed by atoms with Crippen molar-refractivity contribution in [3.05, 3.63) is 0 Å². The van der Waals surface area contributed by atoms with Gasteiger partial charge in [-0.2, -0.15) is 0 Å². The van der Waals surface area contributed by atoms with Gasteiger partial charge >= 0.3 is 5.97 Å². The van der Waals surface area contributed by atoms with Crippen LogP contribution in [0.4, 0.5) is 0 Å². The fourth-order valence-corrected chi connectivity index (χ4v) is 4.73. The number of carbonyl (C=O) groups is 1. The van der Waals surface area contributed by atoms with E-state index in [0.717, 1.165) is 18.1 Å². The molecule has 16 heavy (non-hydrogen) atoms. The van der Waals surface area contributed by atoms with Gasteiger partial charge < -0.3 is 9.53 Å². The zero-order valence-electron chi connectivity index (χ0n) is 11.2. The van der Waals surface area contributed by atoms with Crippen LogP contribution in [0, 0.1) is 5.92 Å². The first-order valence-corrected chi connectivity index (χ1v) is 8.84. The molecule has 1 unspecified atom stereocenters. The molecule has 4 heteroatoms. The number of aliphatic carboxylic acids is 1. The molecule has 0 amide bonds. The van der Waals surface area contributed by atoms with Gasteiger partial charge in [0.25, 0.3) is 0 Å². The Morgan fingerprint density at radius 1 is 1.19 bits per heavy atom. The minimum Gasteiger partial charge on any atom is -0.479 e. The maximum absolute atomic E-state index is 11.2. The highest BCUT2D eigenvalue weighted by atomic mass is 28.4. The predicted octanol–water partition coefficient (Wildman–Crippen LogP) is 3.51. The average Bonchev–Trinajstić information content (AvgIpc) is 2.24. The molecule has 1 N–H and O–H groups in total. The van der Waals surface area contributed by atoms with Gasteiger partial charge in [0.15, 0.2) is 8.32 Å². The van der Waals surface area contributed by atoms with E-state index in [0.29, 0.717) is 12.3 Å². The zero-order chi connectivity index (χ0) is 12.8. The molecule has 0 radical (unpaired) electrons. The highest BCUT2D eigenvalue weighted by Gasteiger charge is 2.34. The summed E-state index contributed by atoms with van der Waals surface area (Å²) in [7, 11) is -1.79. The molecule has 0 aromatic carbocycles. The van der Waals surface area contributed by atoms with Crippen LogP contribution in [0.2, 0.25) is 18.1 Å². The van der Waals surface area contributed by atoms with Crippen LogP contribution in [0.25, 0.3) is 0 Å². The lowest BCUT2D eigenvalue weighted by atomic mass is 10.1. The first-order chi connectivity index (χ1) is 7.40. The smallest absolute Gasteiger partial charge is 0.331 e. The minimum absolute atomic E-state index is 0.360. The van der Waals surface area contributed by atoms with Crippen molar-refractivity contribution in [3.8, 4) is 0 Å². The van der Waals surface area contributed by atoms with E-state index >= 15 is 0 Å². The van der Waals surface area contributed by atoms with Crippen molar-refractivity contribution in [2.45, 2.75) is 65.3 Å². The Bertz CT molecular complexity index is 204. The number of carboxylic acids is 1. The monoisotopic (exact) mass is 246 g/mol. The Kier molecular flexibility index (Phi) is 6.91. The van der Waals surface area contributed by atoms with E-state index < -0.39 is 20.4 Å². The molecule has 0 aromatic heterocycles. The van der Waals surface area contributed by atoms with Crippen LogP contribution in [0.3, 0.4) is 0 Å². The molecule has 96 valence electrons. The Balaban J connectivity index is 4.63. The van der Waals surface area contributed by atoms with Crippen molar-refractivity contribution in [1.82, 2.24) is 0 Å². The summed E-state index contributed by atoms with van der Waals surface area (Å²) >= 11 is 0. The lowest BCUT2D eigenvalue weighted by molar-refractivity contribution is -0.146. The van der Waals surface area contributed by atoms with Gasteiger partial charge in [0, 0.05) is 0 Å². The first-order valence-electron chi connectivity index (χ1n) is 6.31. The van der Waals surface area contributed by atoms with Crippen LogP contribution in [-0.4, -0.2) is 25.5 Å². The van der Waals surface area contributed by atoms with Gasteiger partial charge in [-0.1, -0.05) is 34.6 Å². The van der Waals surface area contributed by atoms with Crippen molar-refractivity contribution in [2.24, 2.45) is 5.92 Å². The van der Waals surface area contributed by atoms with Crippen molar-refractivity contribution >= 4 is 14.3 Å². The third-order valence-electron chi connectivity index (χ3n) is 3.29. The van der Waals surface area contributed by atoms with E-state index in [9.17, 15) is 4.79 Å². The Morgan fingerprint density at radius 2 is 1.62 bits per heavy atom. The summed E-state index contributed by atoms with van der Waals surface area (Å²) in [4.78, 5) is 11.2. The molecule has 0 spiro atoms. The quantitative estimate of drug-likeness (QED) is 0.667. The van der Waals surface area contributed by atoms with Crippen molar-refractivity contribution in [3.63, 3.8) is 0 Å². The second-order valence-corrected chi connectivity index (χ2v) is 9.54. The lowest BCUT2D eigenvalue weighted by Crippen LogP contribution is -2.43. The zero-order valence-corrected chi connectivity index (χ0v) is 12.2. The average molecular weight is 246 g/mol. The van der Waals surface area contributed by atoms with E-state index in [2.05, 4.69) is 20.8 Å². The standard InChI is InChI=1S/C12H26O3Si/c1-6-16(7-2,8-3)15-11(12(13)14)9-10(4)5/h10-11H,6-9H2,1-5H3,(H,13,14). The van der Waals surface area contributed by atoms with Gasteiger partial charge in [-0.3, -0.25) is 0 Å². The first kappa shape index (κ1) is 15.6. The second-order valence-electron chi connectivity index (χ2n) is 4.82. The predicted molar refractivity (Wildman–Crippen MR) is 69.2 cm³/mol. The summed E-state index contributed by atoms with van der Waals surface area (Å²) < 4.78 is 6.00. The molecular formula is C12H26O3Si. The van der Waals surface area contributed by atoms with Gasteiger partial charge in [-0.25, -0.2) is 4.79 Å². The summed E-state index contributed by atoms with van der Waals surface area (Å²) in [6, 6.07) is 3.01. The van der Waals surface area contributed by atoms with Crippen molar-refractivity contribution in [2.75, 3.05) is 0 Å². The molecule has 0 heterocycles. The summed E-state index contributed by atoms with van der Waals surface area (Å²) in [5.74, 6) is -0.445. The lowest BCUT2D eigenvalue weighted by Gasteiger charge is -2.32. The number of carboxylic acid groups (broad SMARTS) is 1. The SMILES string of the molecule is CC[Si](CC)(CC)OC(CC(C)C)C(=O)O. The topological polar surface area (TPSA) is 46.5 Å². The summed E-state index contributed by atoms with van der Waals surface area (Å²) in [6.07, 6.45) is 0.0101. The molecule has 0 bridgehead atoms. The fraction of sp³-hybridized carbons (Fsp3) is 0.917. The number of hydrogen-bond donors (Lipinski definition) is 1. The molecule has 0 aliphatic carbocycles. The van der Waals surface area contributed by atoms with Gasteiger partial charge in [0.2, 0.25) is 0 Å². The molecule has 0 rings (SSSR count). The molecular weight excluding hydrogens is 220 g/mol. The molecule has 0 fully saturated rings. The minimum atomic E-state index is -1.79. The fourth-order valence-electron chi connectivity index (χ4n) is 1.93. The molecule has 0 saturated carbocycles. The summed E-state index contributed by atoms with van der Waals surface area (Å²) in [5, 5.41) is 9.17. The van der Waals surface area contributed by atoms with E-state index in [4.69, 9.17) is 9.53 Å². The highest BCUT2D eigenvalue weighted by molar-refractivity contribution is 6.73. The van der Waals surface area contributed by atoms with Crippen LogP contribution in [-0.2, 0) is 9.22 Å². The van der Waals surface area contributed by atoms with Gasteiger partial charge in [-0.05, 0) is 30.5 Å². The molecule has 0 saturated heterocycles. The number of hydrogen-bond acceptors (Lipinski definition) is 2. The highest BCUT2D eigenvalue weighted by Crippen LogP contribution is 2.25. The Hall–Kier alpha value is -0.353. The molecule has 0 aromatic rings. The molecule has 1 atom stereocenters.